The van der Waals surface area contributed by atoms with Gasteiger partial charge in [0, 0.05) is 21.5 Å². The standard InChI is InChI=1S/C24H15BO4/c26-25(27)17-9-5-13-21-24(17)23-15(8-4-12-20(23)29-21)14-7-3-11-19-22(14)16-6-1-2-10-18(16)28-19/h1-13,26-27H. The third kappa shape index (κ3) is 2.29. The lowest BCUT2D eigenvalue weighted by atomic mass is 9.77. The second-order valence-corrected chi connectivity index (χ2v) is 7.15. The lowest BCUT2D eigenvalue weighted by Crippen LogP contribution is -2.30. The molecular formula is C24H15BO4. The van der Waals surface area contributed by atoms with Gasteiger partial charge in [-0.05, 0) is 40.9 Å². The fraction of sp³-hybridized carbons (Fsp3) is 0. The fourth-order valence-corrected chi connectivity index (χ4v) is 4.33. The van der Waals surface area contributed by atoms with Crippen LogP contribution in [0, 0.1) is 0 Å². The molecule has 6 aromatic rings. The zero-order valence-electron chi connectivity index (χ0n) is 15.3. The van der Waals surface area contributed by atoms with Gasteiger partial charge in [0.15, 0.2) is 0 Å². The van der Waals surface area contributed by atoms with E-state index in [1.807, 2.05) is 54.6 Å². The number of furan rings is 2. The third-order valence-corrected chi connectivity index (χ3v) is 5.53. The first kappa shape index (κ1) is 16.4. The normalized spacial score (nSPS) is 11.8. The summed E-state index contributed by atoms with van der Waals surface area (Å²) >= 11 is 0. The number of hydrogen-bond donors (Lipinski definition) is 2. The lowest BCUT2D eigenvalue weighted by Gasteiger charge is -2.07. The maximum absolute atomic E-state index is 9.94. The van der Waals surface area contributed by atoms with Crippen molar-refractivity contribution < 1.29 is 18.9 Å². The van der Waals surface area contributed by atoms with E-state index in [4.69, 9.17) is 8.83 Å². The monoisotopic (exact) mass is 378 g/mol. The van der Waals surface area contributed by atoms with Crippen molar-refractivity contribution in [2.75, 3.05) is 0 Å². The summed E-state index contributed by atoms with van der Waals surface area (Å²) in [6.07, 6.45) is 0. The molecular weight excluding hydrogens is 363 g/mol. The number of rotatable bonds is 2. The summed E-state index contributed by atoms with van der Waals surface area (Å²) in [5, 5.41) is 23.5. The van der Waals surface area contributed by atoms with Gasteiger partial charge in [0.25, 0.3) is 0 Å². The summed E-state index contributed by atoms with van der Waals surface area (Å²) in [5.41, 5.74) is 5.40. The first-order valence-corrected chi connectivity index (χ1v) is 9.43. The molecule has 0 radical (unpaired) electrons. The minimum atomic E-state index is -1.59. The highest BCUT2D eigenvalue weighted by atomic mass is 16.4. The summed E-state index contributed by atoms with van der Waals surface area (Å²) in [6.45, 7) is 0. The summed E-state index contributed by atoms with van der Waals surface area (Å²) in [6, 6.07) is 25.2. The van der Waals surface area contributed by atoms with Gasteiger partial charge < -0.3 is 18.9 Å². The van der Waals surface area contributed by atoms with E-state index < -0.39 is 7.12 Å². The van der Waals surface area contributed by atoms with E-state index in [1.54, 1.807) is 12.1 Å². The molecule has 2 heterocycles. The first-order chi connectivity index (χ1) is 14.2. The topological polar surface area (TPSA) is 66.7 Å². The Hall–Kier alpha value is -3.54. The van der Waals surface area contributed by atoms with Crippen molar-refractivity contribution in [3.63, 3.8) is 0 Å². The zero-order chi connectivity index (χ0) is 19.5. The molecule has 0 bridgehead atoms. The Labute approximate surface area is 165 Å². The van der Waals surface area contributed by atoms with Crippen LogP contribution >= 0.6 is 0 Å². The highest BCUT2D eigenvalue weighted by Gasteiger charge is 2.22. The molecule has 0 aliphatic rings. The van der Waals surface area contributed by atoms with Gasteiger partial charge in [0.05, 0.1) is 0 Å². The van der Waals surface area contributed by atoms with Crippen molar-refractivity contribution in [2.45, 2.75) is 0 Å². The van der Waals surface area contributed by atoms with Gasteiger partial charge in [-0.2, -0.15) is 0 Å². The van der Waals surface area contributed by atoms with Crippen LogP contribution in [0.1, 0.15) is 0 Å². The minimum absolute atomic E-state index is 0.429. The molecule has 2 aromatic heterocycles. The van der Waals surface area contributed by atoms with Gasteiger partial charge in [0.1, 0.15) is 22.3 Å². The zero-order valence-corrected chi connectivity index (χ0v) is 15.3. The van der Waals surface area contributed by atoms with E-state index >= 15 is 0 Å². The second kappa shape index (κ2) is 5.98. The molecule has 138 valence electrons. The highest BCUT2D eigenvalue weighted by molar-refractivity contribution is 6.63. The Morgan fingerprint density at radius 1 is 0.517 bits per heavy atom. The van der Waals surface area contributed by atoms with E-state index in [0.29, 0.717) is 16.6 Å². The van der Waals surface area contributed by atoms with E-state index in [2.05, 4.69) is 12.1 Å². The van der Waals surface area contributed by atoms with Crippen molar-refractivity contribution in [3.8, 4) is 11.1 Å². The number of fused-ring (bicyclic) bond motifs is 6. The van der Waals surface area contributed by atoms with Gasteiger partial charge >= 0.3 is 7.12 Å². The van der Waals surface area contributed by atoms with Crippen LogP contribution in [0.2, 0.25) is 0 Å². The minimum Gasteiger partial charge on any atom is -0.456 e. The maximum atomic E-state index is 9.94. The predicted molar refractivity (Wildman–Crippen MR) is 116 cm³/mol. The molecule has 0 amide bonds. The van der Waals surface area contributed by atoms with Crippen molar-refractivity contribution in [1.82, 2.24) is 0 Å². The smallest absolute Gasteiger partial charge is 0.456 e. The highest BCUT2D eigenvalue weighted by Crippen LogP contribution is 2.41. The molecule has 4 aromatic carbocycles. The molecule has 2 N–H and O–H groups in total. The third-order valence-electron chi connectivity index (χ3n) is 5.53. The van der Waals surface area contributed by atoms with Gasteiger partial charge in [-0.1, -0.05) is 54.6 Å². The van der Waals surface area contributed by atoms with Gasteiger partial charge in [-0.25, -0.2) is 0 Å². The van der Waals surface area contributed by atoms with Gasteiger partial charge in [-0.15, -0.1) is 0 Å². The Balaban J connectivity index is 1.81. The summed E-state index contributed by atoms with van der Waals surface area (Å²) in [7, 11) is -1.59. The van der Waals surface area contributed by atoms with Crippen LogP contribution in [0.15, 0.2) is 87.7 Å². The fourth-order valence-electron chi connectivity index (χ4n) is 4.33. The Morgan fingerprint density at radius 2 is 1.07 bits per heavy atom. The lowest BCUT2D eigenvalue weighted by molar-refractivity contribution is 0.426. The van der Waals surface area contributed by atoms with E-state index in [1.165, 1.54) is 0 Å². The molecule has 5 heteroatoms. The molecule has 4 nitrogen and oxygen atoms in total. The Kier molecular flexibility index (Phi) is 3.39. The summed E-state index contributed by atoms with van der Waals surface area (Å²) in [4.78, 5) is 0. The van der Waals surface area contributed by atoms with Crippen LogP contribution in [-0.2, 0) is 0 Å². The summed E-state index contributed by atoms with van der Waals surface area (Å²) in [5.74, 6) is 0. The predicted octanol–water partition coefficient (Wildman–Crippen LogP) is 4.83. The van der Waals surface area contributed by atoms with Gasteiger partial charge in [-0.3, -0.25) is 0 Å². The van der Waals surface area contributed by atoms with Crippen LogP contribution in [0.25, 0.3) is 55.0 Å². The van der Waals surface area contributed by atoms with E-state index in [-0.39, 0.29) is 0 Å². The quantitative estimate of drug-likeness (QED) is 0.424. The van der Waals surface area contributed by atoms with E-state index in [0.717, 1.165) is 43.8 Å². The second-order valence-electron chi connectivity index (χ2n) is 7.15. The van der Waals surface area contributed by atoms with Crippen LogP contribution in [0.3, 0.4) is 0 Å². The molecule has 0 saturated heterocycles. The number of hydrogen-bond acceptors (Lipinski definition) is 4. The van der Waals surface area contributed by atoms with Crippen molar-refractivity contribution in [3.05, 3.63) is 78.9 Å². The Morgan fingerprint density at radius 3 is 1.83 bits per heavy atom. The van der Waals surface area contributed by atoms with Crippen LogP contribution in [-0.4, -0.2) is 17.2 Å². The van der Waals surface area contributed by atoms with Crippen LogP contribution in [0.5, 0.6) is 0 Å². The number of benzene rings is 4. The van der Waals surface area contributed by atoms with Crippen LogP contribution in [0.4, 0.5) is 0 Å². The van der Waals surface area contributed by atoms with Crippen molar-refractivity contribution in [1.29, 1.82) is 0 Å². The molecule has 6 rings (SSSR count). The first-order valence-electron chi connectivity index (χ1n) is 9.43. The van der Waals surface area contributed by atoms with Crippen LogP contribution < -0.4 is 5.46 Å². The van der Waals surface area contributed by atoms with E-state index in [9.17, 15) is 10.0 Å². The molecule has 0 fully saturated rings. The molecule has 0 spiro atoms. The molecule has 0 saturated carbocycles. The average Bonchev–Trinajstić information content (AvgIpc) is 3.31. The number of para-hydroxylation sites is 1. The molecule has 0 unspecified atom stereocenters. The van der Waals surface area contributed by atoms with Gasteiger partial charge in [0.2, 0.25) is 0 Å². The van der Waals surface area contributed by atoms with Crippen molar-refractivity contribution in [2.24, 2.45) is 0 Å². The van der Waals surface area contributed by atoms with Crippen molar-refractivity contribution >= 4 is 56.5 Å². The molecule has 0 atom stereocenters. The maximum Gasteiger partial charge on any atom is 0.489 e. The molecule has 0 aliphatic heterocycles. The summed E-state index contributed by atoms with van der Waals surface area (Å²) < 4.78 is 12.1. The Bertz CT molecular complexity index is 1540. The largest absolute Gasteiger partial charge is 0.489 e. The molecule has 0 aliphatic carbocycles. The average molecular weight is 378 g/mol. The SMILES string of the molecule is OB(O)c1cccc2oc3cccc(-c4cccc5oc6ccccc6c45)c3c12. The molecule has 29 heavy (non-hydrogen) atoms.